The van der Waals surface area contributed by atoms with Gasteiger partial charge in [0, 0.05) is 24.2 Å². The van der Waals surface area contributed by atoms with Crippen LogP contribution in [0.25, 0.3) is 10.9 Å². The fraction of sp³-hybridized carbons (Fsp3) is 0.462. The number of ether oxygens (including phenoxy) is 3. The number of methoxy groups -OCH3 is 2. The Morgan fingerprint density at radius 3 is 2.45 bits per heavy atom. The molecule has 0 aliphatic heterocycles. The first-order valence-electron chi connectivity index (χ1n) is 11.3. The average molecular weight is 451 g/mol. The van der Waals surface area contributed by atoms with E-state index in [9.17, 15) is 0 Å². The summed E-state index contributed by atoms with van der Waals surface area (Å²) in [6.07, 6.45) is 2.40. The number of nitrogens with two attached hydrogens (primary N) is 1. The molecule has 0 radical (unpaired) electrons. The van der Waals surface area contributed by atoms with Gasteiger partial charge in [-0.25, -0.2) is 9.97 Å². The second kappa shape index (κ2) is 8.71. The van der Waals surface area contributed by atoms with Gasteiger partial charge in [-0.05, 0) is 68.4 Å². The van der Waals surface area contributed by atoms with Crippen molar-refractivity contribution in [1.82, 2.24) is 9.97 Å². The Balaban J connectivity index is 1.74. The molecule has 1 aliphatic rings. The Morgan fingerprint density at radius 1 is 1.03 bits per heavy atom. The maximum absolute atomic E-state index is 6.30. The van der Waals surface area contributed by atoms with E-state index in [1.54, 1.807) is 14.2 Å². The maximum Gasteiger partial charge on any atom is 0.162 e. The summed E-state index contributed by atoms with van der Waals surface area (Å²) in [4.78, 5) is 9.36. The van der Waals surface area contributed by atoms with Gasteiger partial charge in [-0.1, -0.05) is 13.0 Å². The minimum Gasteiger partial charge on any atom is -0.493 e. The lowest BCUT2D eigenvalue weighted by Gasteiger charge is -2.30. The van der Waals surface area contributed by atoms with Gasteiger partial charge in [-0.15, -0.1) is 0 Å². The van der Waals surface area contributed by atoms with Crippen molar-refractivity contribution in [1.29, 1.82) is 0 Å². The Hall–Kier alpha value is -3.06. The lowest BCUT2D eigenvalue weighted by Crippen LogP contribution is -2.29. The van der Waals surface area contributed by atoms with E-state index in [2.05, 4.69) is 43.2 Å². The van der Waals surface area contributed by atoms with Crippen molar-refractivity contribution < 1.29 is 14.2 Å². The van der Waals surface area contributed by atoms with E-state index in [4.69, 9.17) is 24.9 Å². The van der Waals surface area contributed by atoms with Gasteiger partial charge in [-0.3, -0.25) is 0 Å². The van der Waals surface area contributed by atoms with Crippen LogP contribution in [0.5, 0.6) is 11.5 Å². The number of fused-ring (bicyclic) bond motifs is 1. The van der Waals surface area contributed by atoms with Crippen molar-refractivity contribution in [3.63, 3.8) is 0 Å². The zero-order valence-electron chi connectivity index (χ0n) is 20.4. The molecule has 176 valence electrons. The smallest absolute Gasteiger partial charge is 0.162 e. The summed E-state index contributed by atoms with van der Waals surface area (Å²) in [5, 5.41) is 4.51. The van der Waals surface area contributed by atoms with E-state index in [-0.39, 0.29) is 5.41 Å². The molecule has 0 saturated heterocycles. The maximum atomic E-state index is 6.30. The number of nitrogens with one attached hydrogen (secondary N) is 1. The van der Waals surface area contributed by atoms with Crippen molar-refractivity contribution in [3.8, 4) is 11.5 Å². The molecule has 1 aliphatic carbocycles. The van der Waals surface area contributed by atoms with Crippen LogP contribution in [0.2, 0.25) is 0 Å². The first-order chi connectivity index (χ1) is 15.6. The summed E-state index contributed by atoms with van der Waals surface area (Å²) in [5.74, 6) is 2.67. The third kappa shape index (κ3) is 4.83. The number of rotatable bonds is 9. The van der Waals surface area contributed by atoms with Gasteiger partial charge in [0.25, 0.3) is 0 Å². The predicted molar refractivity (Wildman–Crippen MR) is 132 cm³/mol. The van der Waals surface area contributed by atoms with Crippen molar-refractivity contribution in [2.75, 3.05) is 38.5 Å². The molecule has 7 heteroatoms. The molecule has 2 aromatic carbocycles. The predicted octanol–water partition coefficient (Wildman–Crippen LogP) is 4.95. The fourth-order valence-electron chi connectivity index (χ4n) is 4.06. The molecule has 33 heavy (non-hydrogen) atoms. The molecule has 1 fully saturated rings. The molecular formula is C26H34N4O3. The van der Waals surface area contributed by atoms with E-state index in [1.165, 1.54) is 18.4 Å². The molecule has 1 saturated carbocycles. The Labute approximate surface area is 195 Å². The second-order valence-corrected chi connectivity index (χ2v) is 9.64. The SMILES string of the molecule is COCCOc1cc2c(NC(C)(C)c3cc(N)cc(C4(C)CC4)c3)nc(C)nc2cc1OC. The van der Waals surface area contributed by atoms with Crippen LogP contribution in [-0.2, 0) is 15.7 Å². The number of hydrogen-bond acceptors (Lipinski definition) is 7. The summed E-state index contributed by atoms with van der Waals surface area (Å²) >= 11 is 0. The van der Waals surface area contributed by atoms with Crippen molar-refractivity contribution in [2.24, 2.45) is 0 Å². The van der Waals surface area contributed by atoms with Crippen LogP contribution in [0, 0.1) is 6.92 Å². The van der Waals surface area contributed by atoms with E-state index >= 15 is 0 Å². The number of aryl methyl sites for hydroxylation is 1. The van der Waals surface area contributed by atoms with Crippen LogP contribution < -0.4 is 20.5 Å². The Kier molecular flexibility index (Phi) is 6.10. The number of hydrogen-bond donors (Lipinski definition) is 2. The molecule has 3 N–H and O–H groups in total. The summed E-state index contributed by atoms with van der Waals surface area (Å²) in [5.41, 5.74) is 10.1. The summed E-state index contributed by atoms with van der Waals surface area (Å²) in [7, 11) is 3.27. The van der Waals surface area contributed by atoms with Crippen LogP contribution in [0.15, 0.2) is 30.3 Å². The molecule has 7 nitrogen and oxygen atoms in total. The zero-order chi connectivity index (χ0) is 23.8. The molecule has 3 aromatic rings. The standard InChI is InChI=1S/C26H34N4O3/c1-16-28-21-15-22(32-6)23(33-10-9-31-5)14-20(21)24(29-16)30-25(2,3)17-11-18(13-19(27)12-17)26(4)7-8-26/h11-15H,7-10,27H2,1-6H3,(H,28,29,30). The lowest BCUT2D eigenvalue weighted by molar-refractivity contribution is 0.144. The van der Waals surface area contributed by atoms with Gasteiger partial charge < -0.3 is 25.3 Å². The van der Waals surface area contributed by atoms with Gasteiger partial charge in [0.2, 0.25) is 0 Å². The van der Waals surface area contributed by atoms with Crippen LogP contribution in [-0.4, -0.2) is 37.4 Å². The van der Waals surface area contributed by atoms with Crippen molar-refractivity contribution in [3.05, 3.63) is 47.3 Å². The average Bonchev–Trinajstić information content (AvgIpc) is 3.51. The number of nitrogen functional groups attached to an aromatic ring is 1. The first kappa shape index (κ1) is 23.1. The Bertz CT molecular complexity index is 1170. The van der Waals surface area contributed by atoms with Gasteiger partial charge in [0.15, 0.2) is 11.5 Å². The van der Waals surface area contributed by atoms with Gasteiger partial charge in [0.1, 0.15) is 18.2 Å². The van der Waals surface area contributed by atoms with E-state index in [1.807, 2.05) is 25.1 Å². The van der Waals surface area contributed by atoms with Gasteiger partial charge in [0.05, 0.1) is 24.8 Å². The largest absolute Gasteiger partial charge is 0.493 e. The third-order valence-electron chi connectivity index (χ3n) is 6.44. The molecular weight excluding hydrogens is 416 g/mol. The highest BCUT2D eigenvalue weighted by Crippen LogP contribution is 2.49. The summed E-state index contributed by atoms with van der Waals surface area (Å²) in [6.45, 7) is 9.38. The minimum absolute atomic E-state index is 0.239. The molecule has 0 bridgehead atoms. The Morgan fingerprint density at radius 2 is 1.79 bits per heavy atom. The van der Waals surface area contributed by atoms with Crippen LogP contribution in [0.1, 0.15) is 50.6 Å². The second-order valence-electron chi connectivity index (χ2n) is 9.64. The first-order valence-corrected chi connectivity index (χ1v) is 11.3. The molecule has 1 heterocycles. The zero-order valence-corrected chi connectivity index (χ0v) is 20.4. The van der Waals surface area contributed by atoms with Crippen molar-refractivity contribution in [2.45, 2.75) is 51.5 Å². The molecule has 0 amide bonds. The molecule has 1 aromatic heterocycles. The lowest BCUT2D eigenvalue weighted by atomic mass is 9.88. The monoisotopic (exact) mass is 450 g/mol. The van der Waals surface area contributed by atoms with Crippen molar-refractivity contribution >= 4 is 22.4 Å². The normalized spacial score (nSPS) is 14.8. The summed E-state index contributed by atoms with van der Waals surface area (Å²) < 4.78 is 16.6. The topological polar surface area (TPSA) is 91.5 Å². The quantitative estimate of drug-likeness (QED) is 0.352. The number of benzene rings is 2. The van der Waals surface area contributed by atoms with Crippen LogP contribution in [0.3, 0.4) is 0 Å². The fourth-order valence-corrected chi connectivity index (χ4v) is 4.06. The molecule has 0 unspecified atom stereocenters. The van der Waals surface area contributed by atoms with Gasteiger partial charge >= 0.3 is 0 Å². The van der Waals surface area contributed by atoms with E-state index in [0.717, 1.165) is 28.0 Å². The van der Waals surface area contributed by atoms with Crippen LogP contribution >= 0.6 is 0 Å². The highest BCUT2D eigenvalue weighted by atomic mass is 16.5. The number of aromatic nitrogens is 2. The molecule has 0 atom stereocenters. The van der Waals surface area contributed by atoms with Crippen LogP contribution in [0.4, 0.5) is 11.5 Å². The minimum atomic E-state index is -0.417. The molecule has 4 rings (SSSR count). The number of nitrogens with zero attached hydrogens (tertiary/aromatic N) is 2. The van der Waals surface area contributed by atoms with Gasteiger partial charge in [-0.2, -0.15) is 0 Å². The van der Waals surface area contributed by atoms with E-state index < -0.39 is 5.54 Å². The highest BCUT2D eigenvalue weighted by molar-refractivity contribution is 5.92. The number of anilines is 2. The highest BCUT2D eigenvalue weighted by Gasteiger charge is 2.40. The molecule has 0 spiro atoms. The van der Waals surface area contributed by atoms with E-state index in [0.29, 0.717) is 30.5 Å². The third-order valence-corrected chi connectivity index (χ3v) is 6.44. The summed E-state index contributed by atoms with van der Waals surface area (Å²) in [6, 6.07) is 10.2.